The zero-order valence-electron chi connectivity index (χ0n) is 17.3. The third-order valence-electron chi connectivity index (χ3n) is 4.96. The van der Waals surface area contributed by atoms with Crippen LogP contribution in [-0.2, 0) is 19.2 Å². The molecule has 5 N–H and O–H groups in total. The van der Waals surface area contributed by atoms with E-state index in [0.29, 0.717) is 6.42 Å². The van der Waals surface area contributed by atoms with Crippen LogP contribution in [0.5, 0.6) is 0 Å². The molecule has 0 radical (unpaired) electrons. The molecule has 1 fully saturated rings. The van der Waals surface area contributed by atoms with Gasteiger partial charge in [0.15, 0.2) is 0 Å². The van der Waals surface area contributed by atoms with Crippen molar-refractivity contribution in [3.63, 3.8) is 0 Å². The summed E-state index contributed by atoms with van der Waals surface area (Å²) in [5.41, 5.74) is 4.07. The quantitative estimate of drug-likeness (QED) is 0.239. The maximum atomic E-state index is 12.9. The van der Waals surface area contributed by atoms with Gasteiger partial charge in [-0.2, -0.15) is 0 Å². The molecule has 15 heteroatoms. The summed E-state index contributed by atoms with van der Waals surface area (Å²) in [5.74, 6) is -3.56. The van der Waals surface area contributed by atoms with Gasteiger partial charge in [0.2, 0.25) is 17.7 Å². The minimum Gasteiger partial charge on any atom is -0.480 e. The number of benzene rings is 1. The van der Waals surface area contributed by atoms with E-state index in [9.17, 15) is 39.4 Å². The molecule has 0 saturated carbocycles. The summed E-state index contributed by atoms with van der Waals surface area (Å²) in [6.07, 6.45) is 0.313. The van der Waals surface area contributed by atoms with Gasteiger partial charge in [-0.05, 0) is 25.3 Å². The zero-order valence-corrected chi connectivity index (χ0v) is 17.3. The molecule has 2 atom stereocenters. The number of rotatable bonds is 11. The molecule has 15 nitrogen and oxygen atoms in total. The fourth-order valence-corrected chi connectivity index (χ4v) is 3.45. The van der Waals surface area contributed by atoms with E-state index in [1.54, 1.807) is 0 Å². The number of non-ortho nitro benzene ring substituents is 1. The average Bonchev–Trinajstić information content (AvgIpc) is 3.23. The second-order valence-electron chi connectivity index (χ2n) is 7.22. The number of carboxylic acids is 1. The molecular weight excluding hydrogens is 444 g/mol. The van der Waals surface area contributed by atoms with Crippen LogP contribution in [0, 0.1) is 20.2 Å². The van der Waals surface area contributed by atoms with Gasteiger partial charge < -0.3 is 26.4 Å². The first-order chi connectivity index (χ1) is 15.5. The summed E-state index contributed by atoms with van der Waals surface area (Å²) >= 11 is 0. The summed E-state index contributed by atoms with van der Waals surface area (Å²) in [6, 6.07) is 0.876. The Morgan fingerprint density at radius 1 is 1.21 bits per heavy atom. The van der Waals surface area contributed by atoms with Crippen molar-refractivity contribution in [1.29, 1.82) is 0 Å². The number of anilines is 1. The number of hydrogen-bond acceptors (Lipinski definition) is 9. The number of nitrogens with one attached hydrogen (secondary N) is 2. The summed E-state index contributed by atoms with van der Waals surface area (Å²) in [5, 5.41) is 35.7. The molecule has 1 aromatic rings. The van der Waals surface area contributed by atoms with E-state index in [-0.39, 0.29) is 31.5 Å². The standard InChI is InChI=1S/C18H22N6O9/c19-15(25)6-4-11(17(28)20-9-16(26)27)21-18(29)13-2-1-7-22(13)12-5-3-10(23(30)31)8-14(12)24(32)33/h3,5,8,11,13H,1-2,4,6-7,9H2,(H2,19,25)(H,20,28)(H,21,29)(H,26,27)/t11-,13-/m0/s1. The lowest BCUT2D eigenvalue weighted by Crippen LogP contribution is -2.53. The maximum absolute atomic E-state index is 12.9. The van der Waals surface area contributed by atoms with Crippen LogP contribution in [0.2, 0.25) is 0 Å². The van der Waals surface area contributed by atoms with Crippen molar-refractivity contribution in [3.8, 4) is 0 Å². The van der Waals surface area contributed by atoms with Crippen LogP contribution in [0.15, 0.2) is 18.2 Å². The molecule has 0 aromatic heterocycles. The van der Waals surface area contributed by atoms with Crippen LogP contribution in [0.4, 0.5) is 17.1 Å². The van der Waals surface area contributed by atoms with Crippen LogP contribution < -0.4 is 21.3 Å². The number of aliphatic carboxylic acids is 1. The third kappa shape index (κ3) is 6.59. The minimum absolute atomic E-state index is 0.00673. The third-order valence-corrected chi connectivity index (χ3v) is 4.96. The molecule has 1 saturated heterocycles. The normalized spacial score (nSPS) is 16.0. The highest BCUT2D eigenvalue weighted by Gasteiger charge is 2.36. The molecule has 1 heterocycles. The van der Waals surface area contributed by atoms with Gasteiger partial charge in [0.05, 0.1) is 15.9 Å². The zero-order chi connectivity index (χ0) is 24.7. The molecule has 2 rings (SSSR count). The minimum atomic E-state index is -1.31. The van der Waals surface area contributed by atoms with Crippen molar-refractivity contribution in [2.45, 2.75) is 37.8 Å². The average molecular weight is 466 g/mol. The van der Waals surface area contributed by atoms with Crippen LogP contribution in [-0.4, -0.2) is 63.8 Å². The maximum Gasteiger partial charge on any atom is 0.322 e. The molecule has 178 valence electrons. The van der Waals surface area contributed by atoms with E-state index >= 15 is 0 Å². The highest BCUT2D eigenvalue weighted by Crippen LogP contribution is 2.36. The largest absolute Gasteiger partial charge is 0.480 e. The first-order valence-corrected chi connectivity index (χ1v) is 9.79. The highest BCUT2D eigenvalue weighted by molar-refractivity contribution is 5.93. The summed E-state index contributed by atoms with van der Waals surface area (Å²) in [4.78, 5) is 69.4. The van der Waals surface area contributed by atoms with E-state index in [4.69, 9.17) is 10.8 Å². The predicted octanol–water partition coefficient (Wildman–Crippen LogP) is -0.577. The molecule has 0 bridgehead atoms. The van der Waals surface area contributed by atoms with Crippen LogP contribution in [0.3, 0.4) is 0 Å². The first kappa shape index (κ1) is 25.0. The van der Waals surface area contributed by atoms with Gasteiger partial charge in [0.1, 0.15) is 24.3 Å². The van der Waals surface area contributed by atoms with Gasteiger partial charge in [0, 0.05) is 19.0 Å². The monoisotopic (exact) mass is 466 g/mol. The highest BCUT2D eigenvalue weighted by atomic mass is 16.6. The van der Waals surface area contributed by atoms with E-state index < -0.39 is 63.5 Å². The summed E-state index contributed by atoms with van der Waals surface area (Å²) < 4.78 is 0. The van der Waals surface area contributed by atoms with Gasteiger partial charge in [-0.1, -0.05) is 0 Å². The first-order valence-electron chi connectivity index (χ1n) is 9.79. The lowest BCUT2D eigenvalue weighted by molar-refractivity contribution is -0.393. The van der Waals surface area contributed by atoms with Crippen molar-refractivity contribution >= 4 is 40.8 Å². The number of nitrogens with zero attached hydrogens (tertiary/aromatic N) is 3. The predicted molar refractivity (Wildman–Crippen MR) is 111 cm³/mol. The molecule has 0 unspecified atom stereocenters. The second kappa shape index (κ2) is 10.8. The number of hydrogen-bond donors (Lipinski definition) is 4. The number of carbonyl (C=O) groups excluding carboxylic acids is 3. The Morgan fingerprint density at radius 2 is 1.91 bits per heavy atom. The number of carbonyl (C=O) groups is 4. The SMILES string of the molecule is NC(=O)CC[C@H](NC(=O)[C@@H]1CCCN1c1ccc([N+](=O)[O-])cc1[N+](=O)[O-])C(=O)NCC(=O)O. The number of nitrogens with two attached hydrogens (primary N) is 1. The van der Waals surface area contributed by atoms with Gasteiger partial charge >= 0.3 is 5.97 Å². The number of nitro groups is 2. The number of amides is 3. The Kier molecular flexibility index (Phi) is 8.19. The number of primary amides is 1. The lowest BCUT2D eigenvalue weighted by atomic mass is 10.1. The van der Waals surface area contributed by atoms with E-state index in [0.717, 1.165) is 12.1 Å². The van der Waals surface area contributed by atoms with E-state index in [2.05, 4.69) is 10.6 Å². The molecule has 1 aliphatic heterocycles. The Balaban J connectivity index is 2.25. The number of nitro benzene ring substituents is 2. The Bertz CT molecular complexity index is 982. The van der Waals surface area contributed by atoms with Gasteiger partial charge in [-0.25, -0.2) is 0 Å². The second-order valence-corrected chi connectivity index (χ2v) is 7.22. The molecule has 0 spiro atoms. The molecule has 33 heavy (non-hydrogen) atoms. The van der Waals surface area contributed by atoms with Gasteiger partial charge in [0.25, 0.3) is 11.4 Å². The van der Waals surface area contributed by atoms with Gasteiger partial charge in [-0.3, -0.25) is 39.4 Å². The van der Waals surface area contributed by atoms with Crippen LogP contribution >= 0.6 is 0 Å². The fourth-order valence-electron chi connectivity index (χ4n) is 3.45. The van der Waals surface area contributed by atoms with Crippen molar-refractivity contribution in [2.75, 3.05) is 18.0 Å². The summed E-state index contributed by atoms with van der Waals surface area (Å²) in [7, 11) is 0. The van der Waals surface area contributed by atoms with Crippen molar-refractivity contribution in [2.24, 2.45) is 5.73 Å². The van der Waals surface area contributed by atoms with Crippen molar-refractivity contribution in [1.82, 2.24) is 10.6 Å². The number of carboxylic acid groups (broad SMARTS) is 1. The fraction of sp³-hybridized carbons (Fsp3) is 0.444. The van der Waals surface area contributed by atoms with Crippen LogP contribution in [0.1, 0.15) is 25.7 Å². The van der Waals surface area contributed by atoms with E-state index in [1.165, 1.54) is 11.0 Å². The Morgan fingerprint density at radius 3 is 2.48 bits per heavy atom. The molecule has 1 aromatic carbocycles. The smallest absolute Gasteiger partial charge is 0.322 e. The lowest BCUT2D eigenvalue weighted by Gasteiger charge is -2.27. The molecule has 1 aliphatic rings. The molecular formula is C18H22N6O9. The van der Waals surface area contributed by atoms with Crippen LogP contribution in [0.25, 0.3) is 0 Å². The van der Waals surface area contributed by atoms with E-state index in [1.807, 2.05) is 0 Å². The topological polar surface area (TPSA) is 228 Å². The molecule has 3 amide bonds. The van der Waals surface area contributed by atoms with Gasteiger partial charge in [-0.15, -0.1) is 0 Å². The van der Waals surface area contributed by atoms with Crippen molar-refractivity contribution in [3.05, 3.63) is 38.4 Å². The van der Waals surface area contributed by atoms with Crippen molar-refractivity contribution < 1.29 is 34.1 Å². The Labute approximate surface area is 186 Å². The Hall–Kier alpha value is -4.30. The summed E-state index contributed by atoms with van der Waals surface area (Å²) in [6.45, 7) is -0.458. The molecule has 0 aliphatic carbocycles.